The van der Waals surface area contributed by atoms with Crippen molar-refractivity contribution >= 4 is 29.1 Å². The van der Waals surface area contributed by atoms with Crippen LogP contribution >= 0.6 is 12.4 Å². The Hall–Kier alpha value is -1.92. The third-order valence-electron chi connectivity index (χ3n) is 4.89. The van der Waals surface area contributed by atoms with Gasteiger partial charge in [0.15, 0.2) is 0 Å². The molecule has 1 aliphatic heterocycles. The lowest BCUT2D eigenvalue weighted by Gasteiger charge is -2.34. The van der Waals surface area contributed by atoms with E-state index in [9.17, 15) is 9.59 Å². The molecule has 0 unspecified atom stereocenters. The first-order chi connectivity index (χ1) is 12.1. The molecular formula is C19H27ClN4O2. The van der Waals surface area contributed by atoms with Crippen LogP contribution in [0.4, 0.5) is 0 Å². The first kappa shape index (κ1) is 20.4. The third kappa shape index (κ3) is 4.24. The number of nitrogens with one attached hydrogen (secondary N) is 1. The number of carbonyl (C=O) groups excluding carboxylic acids is 1. The summed E-state index contributed by atoms with van der Waals surface area (Å²) in [5.41, 5.74) is 0.549. The minimum Gasteiger partial charge on any atom is -0.339 e. The Kier molecular flexibility index (Phi) is 7.17. The molecule has 0 aliphatic carbocycles. The molecule has 2 heterocycles. The fourth-order valence-corrected chi connectivity index (χ4v) is 3.62. The van der Waals surface area contributed by atoms with Crippen molar-refractivity contribution in [3.05, 3.63) is 40.3 Å². The molecule has 0 atom stereocenters. The second kappa shape index (κ2) is 9.14. The van der Waals surface area contributed by atoms with Gasteiger partial charge in [0.25, 0.3) is 5.56 Å². The van der Waals surface area contributed by atoms with Crippen molar-refractivity contribution < 1.29 is 4.79 Å². The number of fused-ring (bicyclic) bond motifs is 1. The summed E-state index contributed by atoms with van der Waals surface area (Å²) in [6.07, 6.45) is 3.16. The number of nitrogens with zero attached hydrogens (tertiary/aromatic N) is 3. The van der Waals surface area contributed by atoms with Crippen LogP contribution in [0.25, 0.3) is 10.8 Å². The lowest BCUT2D eigenvalue weighted by Crippen LogP contribution is -2.47. The summed E-state index contributed by atoms with van der Waals surface area (Å²) < 4.78 is 1.33. The Labute approximate surface area is 160 Å². The molecule has 2 aromatic rings. The Morgan fingerprint density at radius 3 is 2.58 bits per heavy atom. The standard InChI is InChI=1S/C19H26N4O2.ClH/c1-3-12-23(14-8-10-20-11-9-14)18(24)13-17-15-6-4-5-7-16(15)19(25)22(2)21-17;/h4-7,14,20H,3,8-13H2,1-2H3;1H. The van der Waals surface area contributed by atoms with E-state index >= 15 is 0 Å². The third-order valence-corrected chi connectivity index (χ3v) is 4.89. The molecule has 1 aromatic carbocycles. The van der Waals surface area contributed by atoms with Crippen molar-refractivity contribution in [2.45, 2.75) is 38.6 Å². The minimum absolute atomic E-state index is 0. The lowest BCUT2D eigenvalue weighted by atomic mass is 10.0. The maximum atomic E-state index is 13.0. The highest BCUT2D eigenvalue weighted by Crippen LogP contribution is 2.17. The second-order valence-electron chi connectivity index (χ2n) is 6.67. The van der Waals surface area contributed by atoms with Gasteiger partial charge in [-0.1, -0.05) is 25.1 Å². The molecule has 1 aromatic heterocycles. The van der Waals surface area contributed by atoms with Gasteiger partial charge in [-0.2, -0.15) is 5.10 Å². The highest BCUT2D eigenvalue weighted by molar-refractivity contribution is 5.88. The summed E-state index contributed by atoms with van der Waals surface area (Å²) in [4.78, 5) is 27.3. The topological polar surface area (TPSA) is 67.2 Å². The monoisotopic (exact) mass is 378 g/mol. The van der Waals surface area contributed by atoms with Crippen molar-refractivity contribution in [1.82, 2.24) is 20.0 Å². The summed E-state index contributed by atoms with van der Waals surface area (Å²) in [5, 5.41) is 9.12. The predicted octanol–water partition coefficient (Wildman–Crippen LogP) is 1.89. The van der Waals surface area contributed by atoms with E-state index in [2.05, 4.69) is 17.3 Å². The number of carbonyl (C=O) groups is 1. The zero-order chi connectivity index (χ0) is 17.8. The normalized spacial score (nSPS) is 14.8. The van der Waals surface area contributed by atoms with Gasteiger partial charge >= 0.3 is 0 Å². The predicted molar refractivity (Wildman–Crippen MR) is 106 cm³/mol. The van der Waals surface area contributed by atoms with E-state index in [1.165, 1.54) is 4.68 Å². The molecule has 1 amide bonds. The highest BCUT2D eigenvalue weighted by Gasteiger charge is 2.25. The molecule has 1 fully saturated rings. The Morgan fingerprint density at radius 1 is 1.27 bits per heavy atom. The number of piperidine rings is 1. The van der Waals surface area contributed by atoms with E-state index in [-0.39, 0.29) is 30.3 Å². The average molecular weight is 379 g/mol. The van der Waals surface area contributed by atoms with Crippen molar-refractivity contribution in [3.8, 4) is 0 Å². The molecule has 7 heteroatoms. The van der Waals surface area contributed by atoms with Crippen LogP contribution < -0.4 is 10.9 Å². The van der Waals surface area contributed by atoms with Gasteiger partial charge in [0.2, 0.25) is 5.91 Å². The van der Waals surface area contributed by atoms with E-state index in [0.29, 0.717) is 17.1 Å². The molecule has 6 nitrogen and oxygen atoms in total. The molecule has 3 rings (SSSR count). The summed E-state index contributed by atoms with van der Waals surface area (Å²) in [7, 11) is 1.64. The van der Waals surface area contributed by atoms with Crippen LogP contribution in [0.1, 0.15) is 31.9 Å². The summed E-state index contributed by atoms with van der Waals surface area (Å²) in [6, 6.07) is 7.69. The second-order valence-corrected chi connectivity index (χ2v) is 6.67. The largest absolute Gasteiger partial charge is 0.339 e. The molecule has 0 radical (unpaired) electrons. The molecular weight excluding hydrogens is 352 g/mol. The van der Waals surface area contributed by atoms with Gasteiger partial charge in [0.1, 0.15) is 0 Å². The van der Waals surface area contributed by atoms with Crippen LogP contribution in [0.3, 0.4) is 0 Å². The van der Waals surface area contributed by atoms with E-state index < -0.39 is 0 Å². The van der Waals surface area contributed by atoms with Crippen LogP contribution in [0.5, 0.6) is 0 Å². The highest BCUT2D eigenvalue weighted by atomic mass is 35.5. The smallest absolute Gasteiger partial charge is 0.274 e. The van der Waals surface area contributed by atoms with Gasteiger partial charge in [-0.15, -0.1) is 12.4 Å². The van der Waals surface area contributed by atoms with Gasteiger partial charge in [-0.05, 0) is 38.4 Å². The molecule has 26 heavy (non-hydrogen) atoms. The first-order valence-electron chi connectivity index (χ1n) is 9.07. The Morgan fingerprint density at radius 2 is 1.92 bits per heavy atom. The molecule has 1 N–H and O–H groups in total. The quantitative estimate of drug-likeness (QED) is 0.862. The molecule has 0 spiro atoms. The van der Waals surface area contributed by atoms with E-state index in [4.69, 9.17) is 0 Å². The number of amides is 1. The van der Waals surface area contributed by atoms with Gasteiger partial charge < -0.3 is 10.2 Å². The van der Waals surface area contributed by atoms with E-state index in [1.807, 2.05) is 23.1 Å². The number of rotatable bonds is 5. The zero-order valence-electron chi connectivity index (χ0n) is 15.4. The fraction of sp³-hybridized carbons (Fsp3) is 0.526. The number of aromatic nitrogens is 2. The van der Waals surface area contributed by atoms with Crippen LogP contribution in [-0.2, 0) is 18.3 Å². The number of benzene rings is 1. The van der Waals surface area contributed by atoms with Crippen LogP contribution in [0, 0.1) is 0 Å². The van der Waals surface area contributed by atoms with Crippen LogP contribution in [0.15, 0.2) is 29.1 Å². The fourth-order valence-electron chi connectivity index (χ4n) is 3.62. The van der Waals surface area contributed by atoms with Crippen LogP contribution in [0.2, 0.25) is 0 Å². The number of hydrogen-bond donors (Lipinski definition) is 1. The molecule has 1 aliphatic rings. The summed E-state index contributed by atoms with van der Waals surface area (Å²) in [5.74, 6) is 0.102. The molecule has 142 valence electrons. The van der Waals surface area contributed by atoms with Crippen molar-refractivity contribution in [1.29, 1.82) is 0 Å². The van der Waals surface area contributed by atoms with Crippen LogP contribution in [-0.4, -0.2) is 46.3 Å². The molecule has 1 saturated heterocycles. The maximum absolute atomic E-state index is 13.0. The summed E-state index contributed by atoms with van der Waals surface area (Å²) >= 11 is 0. The maximum Gasteiger partial charge on any atom is 0.274 e. The average Bonchev–Trinajstić information content (AvgIpc) is 2.64. The van der Waals surface area contributed by atoms with Gasteiger partial charge in [0, 0.05) is 25.0 Å². The van der Waals surface area contributed by atoms with E-state index in [1.54, 1.807) is 13.1 Å². The SMILES string of the molecule is CCCN(C(=O)Cc1nn(C)c(=O)c2ccccc12)C1CCNCC1.Cl. The van der Waals surface area contributed by atoms with E-state index in [0.717, 1.165) is 44.3 Å². The van der Waals surface area contributed by atoms with Crippen molar-refractivity contribution in [2.75, 3.05) is 19.6 Å². The zero-order valence-corrected chi connectivity index (χ0v) is 16.2. The summed E-state index contributed by atoms with van der Waals surface area (Å²) in [6.45, 7) is 4.78. The number of halogens is 1. The number of hydrogen-bond acceptors (Lipinski definition) is 4. The van der Waals surface area contributed by atoms with Gasteiger partial charge in [-0.25, -0.2) is 4.68 Å². The van der Waals surface area contributed by atoms with Gasteiger partial charge in [0.05, 0.1) is 17.5 Å². The Bertz CT molecular complexity index is 815. The van der Waals surface area contributed by atoms with Gasteiger partial charge in [-0.3, -0.25) is 9.59 Å². The minimum atomic E-state index is -0.129. The lowest BCUT2D eigenvalue weighted by molar-refractivity contribution is -0.133. The first-order valence-corrected chi connectivity index (χ1v) is 9.07. The molecule has 0 saturated carbocycles. The van der Waals surface area contributed by atoms with Crippen molar-refractivity contribution in [2.24, 2.45) is 7.05 Å². The molecule has 0 bridgehead atoms. The Balaban J connectivity index is 0.00000243. The number of aryl methyl sites for hydroxylation is 1. The van der Waals surface area contributed by atoms with Crippen molar-refractivity contribution in [3.63, 3.8) is 0 Å².